The Morgan fingerprint density at radius 1 is 1.26 bits per heavy atom. The van der Waals surface area contributed by atoms with Crippen molar-refractivity contribution in [1.82, 2.24) is 25.8 Å². The fraction of sp³-hybridized carbons (Fsp3) is 0.462. The molecule has 1 amide bonds. The van der Waals surface area contributed by atoms with Crippen molar-refractivity contribution >= 4 is 11.6 Å². The van der Waals surface area contributed by atoms with Crippen LogP contribution < -0.4 is 15.5 Å². The van der Waals surface area contributed by atoms with E-state index in [2.05, 4.69) is 61.8 Å². The van der Waals surface area contributed by atoms with Gasteiger partial charge in [-0.05, 0) is 49.6 Å². The van der Waals surface area contributed by atoms with Gasteiger partial charge in [-0.25, -0.2) is 0 Å². The molecule has 4 rings (SSSR count). The first-order valence-corrected chi connectivity index (χ1v) is 11.8. The summed E-state index contributed by atoms with van der Waals surface area (Å²) in [6.45, 7) is 10.4. The zero-order valence-electron chi connectivity index (χ0n) is 20.7. The van der Waals surface area contributed by atoms with E-state index >= 15 is 0 Å². The molecule has 1 saturated heterocycles. The molecule has 3 heterocycles. The number of pyridine rings is 1. The Morgan fingerprint density at radius 3 is 2.79 bits per heavy atom. The van der Waals surface area contributed by atoms with Gasteiger partial charge in [-0.3, -0.25) is 9.78 Å². The summed E-state index contributed by atoms with van der Waals surface area (Å²) in [6, 6.07) is 8.93. The Kier molecular flexibility index (Phi) is 6.97. The lowest BCUT2D eigenvalue weighted by atomic mass is 9.97. The van der Waals surface area contributed by atoms with E-state index in [9.17, 15) is 4.79 Å². The van der Waals surface area contributed by atoms with E-state index in [0.717, 1.165) is 41.9 Å². The number of nitrogens with one attached hydrogen (secondary N) is 2. The molecule has 1 atom stereocenters. The van der Waals surface area contributed by atoms with Gasteiger partial charge in [0, 0.05) is 42.9 Å². The summed E-state index contributed by atoms with van der Waals surface area (Å²) >= 11 is 0. The third-order valence-corrected chi connectivity index (χ3v) is 6.33. The first kappa shape index (κ1) is 23.9. The summed E-state index contributed by atoms with van der Waals surface area (Å²) in [4.78, 5) is 23.6. The van der Waals surface area contributed by atoms with Crippen molar-refractivity contribution < 1.29 is 9.32 Å². The van der Waals surface area contributed by atoms with E-state index in [4.69, 9.17) is 4.52 Å². The fourth-order valence-corrected chi connectivity index (χ4v) is 4.25. The smallest absolute Gasteiger partial charge is 0.292 e. The Bertz CT molecular complexity index is 1150. The van der Waals surface area contributed by atoms with Gasteiger partial charge in [0.15, 0.2) is 0 Å². The number of nitrogens with zero attached hydrogens (tertiary/aromatic N) is 4. The number of benzene rings is 1. The van der Waals surface area contributed by atoms with Gasteiger partial charge in [-0.15, -0.1) is 0 Å². The van der Waals surface area contributed by atoms with Crippen molar-refractivity contribution in [3.8, 4) is 11.1 Å². The quantitative estimate of drug-likeness (QED) is 0.574. The van der Waals surface area contributed by atoms with Crippen molar-refractivity contribution in [3.63, 3.8) is 0 Å². The molecule has 1 aliphatic rings. The first-order valence-electron chi connectivity index (χ1n) is 11.8. The molecule has 1 unspecified atom stereocenters. The highest BCUT2D eigenvalue weighted by atomic mass is 16.5. The summed E-state index contributed by atoms with van der Waals surface area (Å²) in [5.41, 5.74) is 5.33. The molecular weight excluding hydrogens is 428 g/mol. The van der Waals surface area contributed by atoms with Crippen LogP contribution in [0.4, 0.5) is 5.69 Å². The van der Waals surface area contributed by atoms with Gasteiger partial charge in [0.05, 0.1) is 11.9 Å². The number of rotatable bonds is 6. The summed E-state index contributed by atoms with van der Waals surface area (Å²) in [6.07, 6.45) is 6.17. The van der Waals surface area contributed by atoms with Gasteiger partial charge >= 0.3 is 0 Å². The third kappa shape index (κ3) is 5.28. The molecule has 180 valence electrons. The number of likely N-dealkylation sites (N-methyl/N-ethyl adjacent to an activating group) is 1. The fourth-order valence-electron chi connectivity index (χ4n) is 4.25. The van der Waals surface area contributed by atoms with Crippen molar-refractivity contribution in [2.24, 2.45) is 0 Å². The molecule has 8 heteroatoms. The first-order chi connectivity index (χ1) is 16.3. The van der Waals surface area contributed by atoms with Gasteiger partial charge in [0.2, 0.25) is 5.89 Å². The van der Waals surface area contributed by atoms with Crippen LogP contribution >= 0.6 is 0 Å². The van der Waals surface area contributed by atoms with Gasteiger partial charge in [-0.1, -0.05) is 44.1 Å². The number of amides is 1. The monoisotopic (exact) mass is 462 g/mol. The summed E-state index contributed by atoms with van der Waals surface area (Å²) in [5, 5.41) is 10.1. The number of carbonyl (C=O) groups excluding carboxylic acids is 1. The average molecular weight is 463 g/mol. The number of anilines is 1. The Labute approximate surface area is 201 Å². The van der Waals surface area contributed by atoms with Crippen LogP contribution in [0, 0.1) is 6.92 Å². The molecule has 1 aliphatic heterocycles. The second-order valence-corrected chi connectivity index (χ2v) is 9.96. The highest BCUT2D eigenvalue weighted by Crippen LogP contribution is 2.33. The van der Waals surface area contributed by atoms with Gasteiger partial charge in [0.1, 0.15) is 0 Å². The van der Waals surface area contributed by atoms with E-state index in [1.54, 1.807) is 0 Å². The molecule has 1 aromatic carbocycles. The van der Waals surface area contributed by atoms with Crippen LogP contribution in [0.25, 0.3) is 11.1 Å². The van der Waals surface area contributed by atoms with Crippen molar-refractivity contribution in [2.75, 3.05) is 25.0 Å². The van der Waals surface area contributed by atoms with Crippen LogP contribution in [0.1, 0.15) is 61.2 Å². The van der Waals surface area contributed by atoms with Crippen LogP contribution in [-0.4, -0.2) is 47.2 Å². The van der Waals surface area contributed by atoms with Crippen molar-refractivity contribution in [1.29, 1.82) is 0 Å². The summed E-state index contributed by atoms with van der Waals surface area (Å²) in [7, 11) is 2.03. The van der Waals surface area contributed by atoms with E-state index < -0.39 is 0 Å². The van der Waals surface area contributed by atoms with Crippen LogP contribution in [0.15, 0.2) is 41.2 Å². The van der Waals surface area contributed by atoms with E-state index in [0.29, 0.717) is 18.5 Å². The third-order valence-electron chi connectivity index (χ3n) is 6.33. The van der Waals surface area contributed by atoms with E-state index in [1.165, 1.54) is 12.0 Å². The van der Waals surface area contributed by atoms with E-state index in [1.807, 2.05) is 40.2 Å². The zero-order valence-corrected chi connectivity index (χ0v) is 20.7. The predicted octanol–water partition coefficient (Wildman–Crippen LogP) is 3.86. The number of aromatic nitrogens is 3. The lowest BCUT2D eigenvalue weighted by Gasteiger charge is -2.35. The second-order valence-electron chi connectivity index (χ2n) is 9.96. The molecule has 1 fully saturated rings. The lowest BCUT2D eigenvalue weighted by molar-refractivity contribution is 0.0937. The SMILES string of the molecule is CNC1CCCN(c2cnccc2-c2ccc(CNC(=O)c3noc(C(C)(C)C)n3)c(C)c2)C1. The van der Waals surface area contributed by atoms with Crippen LogP contribution in [0.2, 0.25) is 0 Å². The minimum atomic E-state index is -0.344. The highest BCUT2D eigenvalue weighted by molar-refractivity contribution is 5.90. The Balaban J connectivity index is 1.48. The predicted molar refractivity (Wildman–Crippen MR) is 133 cm³/mol. The summed E-state index contributed by atoms with van der Waals surface area (Å²) in [5.74, 6) is 0.159. The number of aryl methyl sites for hydroxylation is 1. The molecule has 3 aromatic rings. The maximum absolute atomic E-state index is 12.5. The minimum Gasteiger partial charge on any atom is -0.368 e. The largest absolute Gasteiger partial charge is 0.368 e. The molecule has 0 aliphatic carbocycles. The second kappa shape index (κ2) is 9.93. The number of carbonyl (C=O) groups is 1. The van der Waals surface area contributed by atoms with Crippen LogP contribution in [-0.2, 0) is 12.0 Å². The molecule has 8 nitrogen and oxygen atoms in total. The Morgan fingerprint density at radius 2 is 2.09 bits per heavy atom. The van der Waals surface area contributed by atoms with Gasteiger partial charge < -0.3 is 20.1 Å². The lowest BCUT2D eigenvalue weighted by Crippen LogP contribution is -2.44. The number of hydrogen-bond donors (Lipinski definition) is 2. The average Bonchev–Trinajstić information content (AvgIpc) is 3.34. The topological polar surface area (TPSA) is 96.2 Å². The molecule has 0 radical (unpaired) electrons. The minimum absolute atomic E-state index is 0.0574. The maximum atomic E-state index is 12.5. The van der Waals surface area contributed by atoms with Crippen molar-refractivity contribution in [2.45, 2.75) is 58.5 Å². The van der Waals surface area contributed by atoms with Gasteiger partial charge in [0.25, 0.3) is 11.7 Å². The van der Waals surface area contributed by atoms with Crippen LogP contribution in [0.5, 0.6) is 0 Å². The van der Waals surface area contributed by atoms with E-state index in [-0.39, 0.29) is 17.1 Å². The zero-order chi connectivity index (χ0) is 24.3. The van der Waals surface area contributed by atoms with Gasteiger partial charge in [-0.2, -0.15) is 4.98 Å². The maximum Gasteiger partial charge on any atom is 0.292 e. The molecule has 0 spiro atoms. The highest BCUT2D eigenvalue weighted by Gasteiger charge is 2.24. The van der Waals surface area contributed by atoms with Crippen molar-refractivity contribution in [3.05, 3.63) is 59.5 Å². The molecule has 2 N–H and O–H groups in total. The molecule has 2 aromatic heterocycles. The molecule has 0 bridgehead atoms. The van der Waals surface area contributed by atoms with Crippen LogP contribution in [0.3, 0.4) is 0 Å². The molecule has 0 saturated carbocycles. The summed E-state index contributed by atoms with van der Waals surface area (Å²) < 4.78 is 5.23. The molecular formula is C26H34N6O2. The molecule has 34 heavy (non-hydrogen) atoms. The normalized spacial score (nSPS) is 16.5. The standard InChI is InChI=1S/C26H34N6O2/c1-17-13-18(21-10-11-28-15-22(21)32-12-6-7-20(16-32)27-5)8-9-19(17)14-29-24(33)23-30-25(34-31-23)26(2,3)4/h8-11,13,15,20,27H,6-7,12,14,16H2,1-5H3,(H,29,33). The number of piperidine rings is 1. The number of hydrogen-bond acceptors (Lipinski definition) is 7. The Hall–Kier alpha value is -3.26.